The van der Waals surface area contributed by atoms with Gasteiger partial charge in [0.05, 0.1) is 37.6 Å². The molecule has 0 aliphatic rings. The lowest BCUT2D eigenvalue weighted by molar-refractivity contribution is -0.176. The fourth-order valence-electron chi connectivity index (χ4n) is 2.59. The van der Waals surface area contributed by atoms with E-state index in [4.69, 9.17) is 23.7 Å². The number of ether oxygens (including phenoxy) is 5. The molecule has 162 valence electrons. The minimum absolute atomic E-state index is 0.0392. The van der Waals surface area contributed by atoms with E-state index in [9.17, 15) is 19.5 Å². The van der Waals surface area contributed by atoms with Crippen molar-refractivity contribution < 1.29 is 43.2 Å². The Kier molecular flexibility index (Phi) is 12.8. The number of hydrogen-bond donors (Lipinski definition) is 2. The standard InChI is InChI=1S/C18H31NO9/c1-7-25-10-26-11(2)16(15(8-20)27-12(3)21)17(28-13(4)22)14(9-24-6)18(23)19-5/h9,11,15-17,20H,7-8,10H2,1-6H3,(H,19,23)/b14-9-/t11-,15+,16-,17?/m1/s1. The molecular formula is C18H31NO9. The van der Waals surface area contributed by atoms with Gasteiger partial charge in [-0.3, -0.25) is 14.4 Å². The molecule has 28 heavy (non-hydrogen) atoms. The predicted octanol–water partition coefficient (Wildman–Crippen LogP) is 0.134. The van der Waals surface area contributed by atoms with E-state index in [2.05, 4.69) is 5.32 Å². The summed E-state index contributed by atoms with van der Waals surface area (Å²) >= 11 is 0. The van der Waals surface area contributed by atoms with Crippen molar-refractivity contribution in [3.05, 3.63) is 11.8 Å². The second-order valence-corrected chi connectivity index (χ2v) is 5.81. The average molecular weight is 405 g/mol. The number of aliphatic hydroxyl groups is 1. The molecule has 0 aromatic rings. The van der Waals surface area contributed by atoms with Crippen LogP contribution in [0.2, 0.25) is 0 Å². The molecule has 4 atom stereocenters. The topological polar surface area (TPSA) is 130 Å². The highest BCUT2D eigenvalue weighted by molar-refractivity contribution is 5.94. The van der Waals surface area contributed by atoms with E-state index in [0.29, 0.717) is 6.61 Å². The Morgan fingerprint density at radius 3 is 2.18 bits per heavy atom. The van der Waals surface area contributed by atoms with Crippen LogP contribution in [-0.4, -0.2) is 75.4 Å². The molecule has 0 aromatic heterocycles. The van der Waals surface area contributed by atoms with E-state index in [1.165, 1.54) is 28.0 Å². The van der Waals surface area contributed by atoms with Gasteiger partial charge in [0, 0.05) is 27.5 Å². The van der Waals surface area contributed by atoms with Gasteiger partial charge in [-0.25, -0.2) is 0 Å². The van der Waals surface area contributed by atoms with E-state index in [1.54, 1.807) is 13.8 Å². The molecule has 10 nitrogen and oxygen atoms in total. The molecule has 0 saturated heterocycles. The number of carbonyl (C=O) groups is 3. The number of amides is 1. The minimum atomic E-state index is -1.23. The molecule has 10 heteroatoms. The van der Waals surface area contributed by atoms with Crippen LogP contribution >= 0.6 is 0 Å². The Morgan fingerprint density at radius 1 is 1.14 bits per heavy atom. The van der Waals surface area contributed by atoms with Gasteiger partial charge in [0.15, 0.2) is 0 Å². The number of nitrogens with one attached hydrogen (secondary N) is 1. The normalized spacial score (nSPS) is 15.8. The molecule has 0 bridgehead atoms. The second kappa shape index (κ2) is 13.9. The fourth-order valence-corrected chi connectivity index (χ4v) is 2.59. The summed E-state index contributed by atoms with van der Waals surface area (Å²) in [5, 5.41) is 12.2. The first-order valence-electron chi connectivity index (χ1n) is 8.82. The average Bonchev–Trinajstić information content (AvgIpc) is 2.63. The molecular weight excluding hydrogens is 374 g/mol. The van der Waals surface area contributed by atoms with E-state index >= 15 is 0 Å². The van der Waals surface area contributed by atoms with E-state index < -0.39 is 48.7 Å². The molecule has 0 aliphatic heterocycles. The Morgan fingerprint density at radius 2 is 1.75 bits per heavy atom. The van der Waals surface area contributed by atoms with Gasteiger partial charge in [-0.15, -0.1) is 0 Å². The maximum atomic E-state index is 12.4. The number of esters is 2. The number of hydrogen-bond acceptors (Lipinski definition) is 9. The maximum absolute atomic E-state index is 12.4. The van der Waals surface area contributed by atoms with Gasteiger partial charge in [0.25, 0.3) is 5.91 Å². The summed E-state index contributed by atoms with van der Waals surface area (Å²) in [6.45, 7) is 5.50. The van der Waals surface area contributed by atoms with Gasteiger partial charge in [0.2, 0.25) is 0 Å². The zero-order valence-corrected chi connectivity index (χ0v) is 17.2. The summed E-state index contributed by atoms with van der Waals surface area (Å²) in [7, 11) is 2.73. The molecule has 0 fully saturated rings. The van der Waals surface area contributed by atoms with Crippen LogP contribution in [-0.2, 0) is 38.1 Å². The third-order valence-corrected chi connectivity index (χ3v) is 3.77. The van der Waals surface area contributed by atoms with Crippen LogP contribution in [0.1, 0.15) is 27.7 Å². The van der Waals surface area contributed by atoms with Crippen LogP contribution in [0.25, 0.3) is 0 Å². The lowest BCUT2D eigenvalue weighted by Gasteiger charge is -2.36. The first-order valence-corrected chi connectivity index (χ1v) is 8.82. The largest absolute Gasteiger partial charge is 0.504 e. The Labute approximate surface area is 165 Å². The molecule has 0 radical (unpaired) electrons. The van der Waals surface area contributed by atoms with Crippen molar-refractivity contribution in [2.45, 2.75) is 46.0 Å². The quantitative estimate of drug-likeness (QED) is 0.144. The summed E-state index contributed by atoms with van der Waals surface area (Å²) in [5.41, 5.74) is -0.0392. The van der Waals surface area contributed by atoms with E-state index in [-0.39, 0.29) is 12.4 Å². The van der Waals surface area contributed by atoms with Crippen LogP contribution in [0.3, 0.4) is 0 Å². The smallest absolute Gasteiger partial charge is 0.303 e. The first-order chi connectivity index (χ1) is 13.2. The third-order valence-electron chi connectivity index (χ3n) is 3.77. The number of carbonyl (C=O) groups excluding carboxylic acids is 3. The summed E-state index contributed by atoms with van der Waals surface area (Å²) < 4.78 is 26.3. The van der Waals surface area contributed by atoms with Crippen LogP contribution in [0.4, 0.5) is 0 Å². The molecule has 1 amide bonds. The van der Waals surface area contributed by atoms with Crippen molar-refractivity contribution in [2.75, 3.05) is 34.2 Å². The van der Waals surface area contributed by atoms with Gasteiger partial charge in [0.1, 0.15) is 19.0 Å². The molecule has 1 unspecified atom stereocenters. The molecule has 2 N–H and O–H groups in total. The van der Waals surface area contributed by atoms with Crippen molar-refractivity contribution in [1.82, 2.24) is 5.32 Å². The zero-order valence-electron chi connectivity index (χ0n) is 17.2. The molecule has 0 spiro atoms. The Hall–Kier alpha value is -2.17. The van der Waals surface area contributed by atoms with Gasteiger partial charge in [-0.2, -0.15) is 0 Å². The van der Waals surface area contributed by atoms with E-state index in [0.717, 1.165) is 6.26 Å². The van der Waals surface area contributed by atoms with Crippen molar-refractivity contribution in [3.63, 3.8) is 0 Å². The van der Waals surface area contributed by atoms with Gasteiger partial charge in [-0.1, -0.05) is 0 Å². The van der Waals surface area contributed by atoms with Gasteiger partial charge < -0.3 is 34.1 Å². The highest BCUT2D eigenvalue weighted by Crippen LogP contribution is 2.28. The van der Waals surface area contributed by atoms with Crippen molar-refractivity contribution in [1.29, 1.82) is 0 Å². The summed E-state index contributed by atoms with van der Waals surface area (Å²) in [4.78, 5) is 35.6. The fraction of sp³-hybridized carbons (Fsp3) is 0.722. The summed E-state index contributed by atoms with van der Waals surface area (Å²) in [6.07, 6.45) is -1.97. The van der Waals surface area contributed by atoms with Crippen LogP contribution in [0, 0.1) is 5.92 Å². The first kappa shape index (κ1) is 25.8. The van der Waals surface area contributed by atoms with E-state index in [1.807, 2.05) is 0 Å². The lowest BCUT2D eigenvalue weighted by atomic mass is 9.86. The number of methoxy groups -OCH3 is 1. The van der Waals surface area contributed by atoms with Crippen LogP contribution < -0.4 is 5.32 Å². The molecule has 0 heterocycles. The third kappa shape index (κ3) is 8.68. The number of likely N-dealkylation sites (N-methyl/N-ethyl adjacent to an activating group) is 1. The number of aliphatic hydroxyl groups excluding tert-OH is 1. The van der Waals surface area contributed by atoms with Crippen molar-refractivity contribution >= 4 is 17.8 Å². The van der Waals surface area contributed by atoms with Gasteiger partial charge >= 0.3 is 11.9 Å². The van der Waals surface area contributed by atoms with Gasteiger partial charge in [-0.05, 0) is 13.8 Å². The minimum Gasteiger partial charge on any atom is -0.504 e. The predicted molar refractivity (Wildman–Crippen MR) is 97.9 cm³/mol. The number of rotatable bonds is 13. The Balaban J connectivity index is 6.16. The molecule has 0 saturated carbocycles. The monoisotopic (exact) mass is 405 g/mol. The highest BCUT2D eigenvalue weighted by Gasteiger charge is 2.42. The second-order valence-electron chi connectivity index (χ2n) is 5.81. The maximum Gasteiger partial charge on any atom is 0.303 e. The zero-order chi connectivity index (χ0) is 21.7. The van der Waals surface area contributed by atoms with Crippen molar-refractivity contribution in [2.24, 2.45) is 5.92 Å². The van der Waals surface area contributed by atoms with Crippen LogP contribution in [0.15, 0.2) is 11.8 Å². The highest BCUT2D eigenvalue weighted by atomic mass is 16.7. The molecule has 0 aromatic carbocycles. The van der Waals surface area contributed by atoms with Crippen molar-refractivity contribution in [3.8, 4) is 0 Å². The Bertz CT molecular complexity index is 535. The SMILES string of the molecule is CCOCO[C@H](C)[C@@H](C(OC(C)=O)/C(=C/OC)C(=O)NC)[C@H](CO)OC(C)=O. The summed E-state index contributed by atoms with van der Waals surface area (Å²) in [5.74, 6) is -2.84. The van der Waals surface area contributed by atoms with Crippen LogP contribution in [0.5, 0.6) is 0 Å². The molecule has 0 rings (SSSR count). The molecule has 0 aliphatic carbocycles. The summed E-state index contributed by atoms with van der Waals surface area (Å²) in [6, 6.07) is 0. The lowest BCUT2D eigenvalue weighted by Crippen LogP contribution is -2.49.